The van der Waals surface area contributed by atoms with Crippen LogP contribution < -0.4 is 4.90 Å². The van der Waals surface area contributed by atoms with Gasteiger partial charge in [-0.15, -0.1) is 0 Å². The van der Waals surface area contributed by atoms with Gasteiger partial charge in [0.1, 0.15) is 17.3 Å². The summed E-state index contributed by atoms with van der Waals surface area (Å²) in [4.78, 5) is 19.6. The molecule has 4 aromatic carbocycles. The highest BCUT2D eigenvalue weighted by atomic mass is 19.1. The van der Waals surface area contributed by atoms with Crippen molar-refractivity contribution in [1.29, 1.82) is 0 Å². The van der Waals surface area contributed by atoms with E-state index < -0.39 is 0 Å². The zero-order chi connectivity index (χ0) is 20.5. The maximum absolute atomic E-state index is 13.5. The van der Waals surface area contributed by atoms with E-state index in [0.29, 0.717) is 17.2 Å². The number of fused-ring (bicyclic) bond motifs is 1. The third kappa shape index (κ3) is 3.18. The lowest BCUT2D eigenvalue weighted by molar-refractivity contribution is -0.113. The quantitative estimate of drug-likeness (QED) is 0.405. The number of benzene rings is 4. The number of amides is 1. The van der Waals surface area contributed by atoms with Crippen LogP contribution in [0.15, 0.2) is 108 Å². The predicted octanol–water partition coefficient (Wildman–Crippen LogP) is 5.81. The first kappa shape index (κ1) is 18.0. The molecule has 3 nitrogen and oxygen atoms in total. The van der Waals surface area contributed by atoms with Crippen molar-refractivity contribution in [2.45, 2.75) is 0 Å². The molecule has 144 valence electrons. The highest BCUT2D eigenvalue weighted by molar-refractivity contribution is 6.33. The minimum Gasteiger partial charge on any atom is -0.266 e. The molecule has 0 fully saturated rings. The normalized spacial score (nSPS) is 15.1. The monoisotopic (exact) mass is 392 g/mol. The average molecular weight is 392 g/mol. The summed E-state index contributed by atoms with van der Waals surface area (Å²) in [6, 6.07) is 29.4. The number of nitrogens with zero attached hydrogens (tertiary/aromatic N) is 2. The standard InChI is InChI=1S/C26H17FN2O/c27-21-13-15-22(16-14-21)29-25(19-8-2-1-3-9-19)28-24(26(29)30)17-20-11-6-10-18-7-4-5-12-23(18)20/h1-17H/b24-17+. The van der Waals surface area contributed by atoms with Crippen molar-refractivity contribution in [3.8, 4) is 0 Å². The van der Waals surface area contributed by atoms with Gasteiger partial charge in [0.15, 0.2) is 0 Å². The van der Waals surface area contributed by atoms with Crippen LogP contribution in [0, 0.1) is 5.82 Å². The van der Waals surface area contributed by atoms with Gasteiger partial charge in [0.2, 0.25) is 0 Å². The molecule has 0 atom stereocenters. The average Bonchev–Trinajstić information content (AvgIpc) is 3.11. The van der Waals surface area contributed by atoms with Gasteiger partial charge in [-0.3, -0.25) is 9.69 Å². The molecule has 0 radical (unpaired) electrons. The van der Waals surface area contributed by atoms with E-state index in [1.165, 1.54) is 17.0 Å². The Balaban J connectivity index is 1.66. The number of hydrogen-bond donors (Lipinski definition) is 0. The smallest absolute Gasteiger partial charge is 0.266 e. The fourth-order valence-corrected chi connectivity index (χ4v) is 3.65. The van der Waals surface area contributed by atoms with Crippen LogP contribution >= 0.6 is 0 Å². The Labute approximate surface area is 173 Å². The summed E-state index contributed by atoms with van der Waals surface area (Å²) in [5.74, 6) is -0.0674. The van der Waals surface area contributed by atoms with Gasteiger partial charge >= 0.3 is 0 Å². The topological polar surface area (TPSA) is 32.7 Å². The molecule has 1 aliphatic heterocycles. The van der Waals surface area contributed by atoms with Crippen molar-refractivity contribution in [2.75, 3.05) is 4.90 Å². The maximum atomic E-state index is 13.5. The largest absolute Gasteiger partial charge is 0.282 e. The number of anilines is 1. The van der Waals surface area contributed by atoms with Gasteiger partial charge in [-0.25, -0.2) is 9.38 Å². The van der Waals surface area contributed by atoms with E-state index in [4.69, 9.17) is 0 Å². The Kier molecular flexibility index (Phi) is 4.45. The summed E-state index contributed by atoms with van der Waals surface area (Å²) < 4.78 is 13.5. The number of rotatable bonds is 3. The summed E-state index contributed by atoms with van der Waals surface area (Å²) >= 11 is 0. The van der Waals surface area contributed by atoms with Crippen molar-refractivity contribution in [3.63, 3.8) is 0 Å². The van der Waals surface area contributed by atoms with Gasteiger partial charge in [0.05, 0.1) is 5.69 Å². The summed E-state index contributed by atoms with van der Waals surface area (Å²) in [6.45, 7) is 0. The van der Waals surface area contributed by atoms with E-state index in [0.717, 1.165) is 21.9 Å². The lowest BCUT2D eigenvalue weighted by Crippen LogP contribution is -2.32. The summed E-state index contributed by atoms with van der Waals surface area (Å²) in [6.07, 6.45) is 1.82. The molecule has 0 spiro atoms. The summed E-state index contributed by atoms with van der Waals surface area (Å²) in [5.41, 5.74) is 2.66. The van der Waals surface area contributed by atoms with Crippen LogP contribution in [0.4, 0.5) is 10.1 Å². The molecule has 0 aliphatic carbocycles. The molecule has 4 aromatic rings. The van der Waals surface area contributed by atoms with Crippen molar-refractivity contribution in [1.82, 2.24) is 0 Å². The van der Waals surface area contributed by atoms with E-state index in [9.17, 15) is 9.18 Å². The van der Waals surface area contributed by atoms with Crippen LogP contribution in [-0.4, -0.2) is 11.7 Å². The molecule has 0 saturated carbocycles. The minimum absolute atomic E-state index is 0.242. The van der Waals surface area contributed by atoms with E-state index in [1.54, 1.807) is 12.1 Å². The fraction of sp³-hybridized carbons (Fsp3) is 0. The Morgan fingerprint density at radius 1 is 0.767 bits per heavy atom. The Morgan fingerprint density at radius 2 is 1.47 bits per heavy atom. The number of halogens is 1. The van der Waals surface area contributed by atoms with E-state index >= 15 is 0 Å². The SMILES string of the molecule is O=C1/C(=C\c2cccc3ccccc23)N=C(c2ccccc2)N1c1ccc(F)cc1. The van der Waals surface area contributed by atoms with Crippen LogP contribution in [0.2, 0.25) is 0 Å². The van der Waals surface area contributed by atoms with Crippen molar-refractivity contribution >= 4 is 34.3 Å². The Hall–Kier alpha value is -4.05. The molecule has 4 heteroatoms. The minimum atomic E-state index is -0.352. The highest BCUT2D eigenvalue weighted by Gasteiger charge is 2.32. The van der Waals surface area contributed by atoms with Crippen LogP contribution in [0.1, 0.15) is 11.1 Å². The second-order valence-corrected chi connectivity index (χ2v) is 7.02. The number of amidine groups is 1. The van der Waals surface area contributed by atoms with Crippen LogP contribution in [0.25, 0.3) is 16.8 Å². The molecule has 1 heterocycles. The predicted molar refractivity (Wildman–Crippen MR) is 119 cm³/mol. The molecule has 0 saturated heterocycles. The molecule has 1 amide bonds. The molecule has 0 aromatic heterocycles. The van der Waals surface area contributed by atoms with Gasteiger partial charge in [-0.1, -0.05) is 72.8 Å². The number of aliphatic imine (C=N–C) groups is 1. The van der Waals surface area contributed by atoms with Crippen molar-refractivity contribution < 1.29 is 9.18 Å². The molecule has 0 bridgehead atoms. The lowest BCUT2D eigenvalue weighted by atomic mass is 10.0. The molecule has 0 unspecified atom stereocenters. The zero-order valence-electron chi connectivity index (χ0n) is 16.0. The molecule has 1 aliphatic rings. The van der Waals surface area contributed by atoms with Crippen molar-refractivity contribution in [3.05, 3.63) is 120 Å². The number of carbonyl (C=O) groups is 1. The lowest BCUT2D eigenvalue weighted by Gasteiger charge is -2.18. The zero-order valence-corrected chi connectivity index (χ0v) is 16.0. The van der Waals surface area contributed by atoms with Crippen LogP contribution in [0.3, 0.4) is 0 Å². The van der Waals surface area contributed by atoms with Gasteiger partial charge in [-0.2, -0.15) is 0 Å². The third-order valence-corrected chi connectivity index (χ3v) is 5.09. The molecular formula is C26H17FN2O. The van der Waals surface area contributed by atoms with Gasteiger partial charge in [0.25, 0.3) is 5.91 Å². The molecular weight excluding hydrogens is 375 g/mol. The third-order valence-electron chi connectivity index (χ3n) is 5.09. The molecule has 30 heavy (non-hydrogen) atoms. The summed E-state index contributed by atoms with van der Waals surface area (Å²) in [5, 5.41) is 2.15. The van der Waals surface area contributed by atoms with Crippen LogP contribution in [0.5, 0.6) is 0 Å². The maximum Gasteiger partial charge on any atom is 0.282 e. The highest BCUT2D eigenvalue weighted by Crippen LogP contribution is 2.29. The number of hydrogen-bond acceptors (Lipinski definition) is 2. The molecule has 0 N–H and O–H groups in total. The Morgan fingerprint density at radius 3 is 2.27 bits per heavy atom. The first-order chi connectivity index (χ1) is 14.7. The van der Waals surface area contributed by atoms with Crippen molar-refractivity contribution in [2.24, 2.45) is 4.99 Å². The Bertz CT molecular complexity index is 1300. The van der Waals surface area contributed by atoms with Gasteiger partial charge in [0, 0.05) is 5.56 Å². The van der Waals surface area contributed by atoms with Gasteiger partial charge < -0.3 is 0 Å². The van der Waals surface area contributed by atoms with E-state index in [1.807, 2.05) is 78.9 Å². The summed E-state index contributed by atoms with van der Waals surface area (Å²) in [7, 11) is 0. The second kappa shape index (κ2) is 7.41. The van der Waals surface area contributed by atoms with E-state index in [2.05, 4.69) is 4.99 Å². The van der Waals surface area contributed by atoms with E-state index in [-0.39, 0.29) is 11.7 Å². The first-order valence-electron chi connectivity index (χ1n) is 9.64. The second-order valence-electron chi connectivity index (χ2n) is 7.02. The van der Waals surface area contributed by atoms with Crippen LogP contribution in [-0.2, 0) is 4.79 Å². The fourth-order valence-electron chi connectivity index (χ4n) is 3.65. The first-order valence-corrected chi connectivity index (χ1v) is 9.64. The van der Waals surface area contributed by atoms with Gasteiger partial charge in [-0.05, 0) is 46.7 Å². The molecule has 5 rings (SSSR count). The number of carbonyl (C=O) groups excluding carboxylic acids is 1.